The van der Waals surface area contributed by atoms with Crippen molar-refractivity contribution in [3.8, 4) is 5.69 Å². The normalized spacial score (nSPS) is 11.9. The first-order valence-electron chi connectivity index (χ1n) is 8.88. The second kappa shape index (κ2) is 8.74. The summed E-state index contributed by atoms with van der Waals surface area (Å²) in [5.74, 6) is -0.463. The van der Waals surface area contributed by atoms with Crippen molar-refractivity contribution < 1.29 is 23.1 Å². The maximum Gasteiger partial charge on any atom is 0.416 e. The highest BCUT2D eigenvalue weighted by Crippen LogP contribution is 2.30. The lowest BCUT2D eigenvalue weighted by Crippen LogP contribution is -2.06. The van der Waals surface area contributed by atoms with E-state index in [2.05, 4.69) is 10.2 Å². The van der Waals surface area contributed by atoms with Gasteiger partial charge < -0.3 is 5.11 Å². The summed E-state index contributed by atoms with van der Waals surface area (Å²) in [5.41, 5.74) is 2.93. The molecule has 3 rings (SSSR count). The average molecular weight is 433 g/mol. The summed E-state index contributed by atoms with van der Waals surface area (Å²) in [4.78, 5) is 13.0. The van der Waals surface area contributed by atoms with E-state index in [1.54, 1.807) is 24.8 Å². The largest absolute Gasteiger partial charge is 0.478 e. The van der Waals surface area contributed by atoms with Crippen LogP contribution in [0.2, 0.25) is 0 Å². The van der Waals surface area contributed by atoms with E-state index in [-0.39, 0.29) is 0 Å². The zero-order chi connectivity index (χ0) is 21.9. The molecule has 156 valence electrons. The number of carboxylic acids is 1. The molecular formula is C21H18F3N3O2S. The van der Waals surface area contributed by atoms with E-state index >= 15 is 0 Å². The Balaban J connectivity index is 1.71. The van der Waals surface area contributed by atoms with E-state index in [1.165, 1.54) is 16.9 Å². The molecule has 0 aliphatic heterocycles. The fraction of sp³-hybridized carbons (Fsp3) is 0.190. The molecule has 0 spiro atoms. The predicted molar refractivity (Wildman–Crippen MR) is 109 cm³/mol. The molecule has 2 aromatic carbocycles. The molecular weight excluding hydrogens is 415 g/mol. The van der Waals surface area contributed by atoms with Crippen LogP contribution in [0.15, 0.2) is 53.4 Å². The average Bonchev–Trinajstić information content (AvgIpc) is 3.05. The second-order valence-corrected chi connectivity index (χ2v) is 7.59. The Hall–Kier alpha value is -3.07. The van der Waals surface area contributed by atoms with Crippen molar-refractivity contribution in [3.63, 3.8) is 0 Å². The highest BCUT2D eigenvalue weighted by molar-refractivity contribution is 7.98. The molecule has 9 heteroatoms. The summed E-state index contributed by atoms with van der Waals surface area (Å²) in [6.45, 7) is 3.70. The number of thioether (sulfide) groups is 1. The molecule has 0 bridgehead atoms. The van der Waals surface area contributed by atoms with Gasteiger partial charge in [-0.2, -0.15) is 28.2 Å². The molecule has 0 aliphatic rings. The molecule has 0 fully saturated rings. The molecule has 0 radical (unpaired) electrons. The predicted octanol–water partition coefficient (Wildman–Crippen LogP) is 5.29. The molecule has 0 aliphatic carbocycles. The molecule has 0 unspecified atom stereocenters. The zero-order valence-corrected chi connectivity index (χ0v) is 17.0. The van der Waals surface area contributed by atoms with Gasteiger partial charge in [0, 0.05) is 16.7 Å². The third kappa shape index (κ3) is 5.29. The number of halogens is 3. The fourth-order valence-electron chi connectivity index (χ4n) is 2.68. The van der Waals surface area contributed by atoms with Gasteiger partial charge in [0.25, 0.3) is 0 Å². The lowest BCUT2D eigenvalue weighted by molar-refractivity contribution is -0.137. The summed E-state index contributed by atoms with van der Waals surface area (Å²) in [7, 11) is 0. The van der Waals surface area contributed by atoms with Gasteiger partial charge in [0.15, 0.2) is 0 Å². The molecule has 1 aromatic heterocycles. The highest BCUT2D eigenvalue weighted by Gasteiger charge is 2.30. The minimum absolute atomic E-state index is 0.452. The van der Waals surface area contributed by atoms with Crippen LogP contribution in [0.25, 0.3) is 11.8 Å². The second-order valence-electron chi connectivity index (χ2n) is 6.54. The number of aryl methyl sites for hydroxylation is 2. The van der Waals surface area contributed by atoms with Gasteiger partial charge in [-0.3, -0.25) is 0 Å². The molecule has 0 atom stereocenters. The van der Waals surface area contributed by atoms with Crippen molar-refractivity contribution in [1.29, 1.82) is 0 Å². The first kappa shape index (κ1) is 21.6. The Bertz CT molecular complexity index is 1090. The maximum absolute atomic E-state index is 12.7. The van der Waals surface area contributed by atoms with Crippen LogP contribution in [-0.2, 0) is 16.7 Å². The van der Waals surface area contributed by atoms with Gasteiger partial charge in [0.1, 0.15) is 0 Å². The molecule has 1 N–H and O–H groups in total. The van der Waals surface area contributed by atoms with Gasteiger partial charge >= 0.3 is 12.1 Å². The molecule has 1 heterocycles. The van der Waals surface area contributed by atoms with Gasteiger partial charge in [-0.15, -0.1) is 11.8 Å². The standard InChI is InChI=1S/C21H18F3N3O2S/c1-13-11-18(9-3-15(13)4-10-20(28)29)30-12-19-14(2)25-27(26-19)17-7-5-16(6-8-17)21(22,23)24/h3-11H,12H2,1-2H3,(H,28,29). The zero-order valence-electron chi connectivity index (χ0n) is 16.1. The molecule has 0 saturated heterocycles. The van der Waals surface area contributed by atoms with Crippen LogP contribution >= 0.6 is 11.8 Å². The number of hydrogen-bond donors (Lipinski definition) is 1. The Morgan fingerprint density at radius 3 is 2.43 bits per heavy atom. The maximum atomic E-state index is 12.7. The topological polar surface area (TPSA) is 68.0 Å². The SMILES string of the molecule is Cc1cc(SCc2nn(-c3ccc(C(F)(F)F)cc3)nc2C)ccc1C=CC(=O)O. The summed E-state index contributed by atoms with van der Waals surface area (Å²) in [5, 5.41) is 17.4. The number of aliphatic carboxylic acids is 1. The van der Waals surface area contributed by atoms with Crippen LogP contribution in [0, 0.1) is 13.8 Å². The van der Waals surface area contributed by atoms with E-state index in [4.69, 9.17) is 5.11 Å². The van der Waals surface area contributed by atoms with E-state index < -0.39 is 17.7 Å². The van der Waals surface area contributed by atoms with Gasteiger partial charge in [-0.25, -0.2) is 4.79 Å². The van der Waals surface area contributed by atoms with Crippen molar-refractivity contribution in [3.05, 3.63) is 76.6 Å². The number of alkyl halides is 3. The number of nitrogens with zero attached hydrogens (tertiary/aromatic N) is 3. The first-order chi connectivity index (χ1) is 14.1. The molecule has 0 saturated carbocycles. The van der Waals surface area contributed by atoms with E-state index in [9.17, 15) is 18.0 Å². The van der Waals surface area contributed by atoms with Gasteiger partial charge in [-0.1, -0.05) is 6.07 Å². The van der Waals surface area contributed by atoms with Gasteiger partial charge in [-0.05, 0) is 67.4 Å². The van der Waals surface area contributed by atoms with Crippen LogP contribution in [0.4, 0.5) is 13.2 Å². The Labute approximate surface area is 175 Å². The number of carboxylic acid groups (broad SMARTS) is 1. The van der Waals surface area contributed by atoms with Crippen LogP contribution < -0.4 is 0 Å². The number of aromatic nitrogens is 3. The minimum Gasteiger partial charge on any atom is -0.478 e. The van der Waals surface area contributed by atoms with Crippen molar-refractivity contribution in [2.45, 2.75) is 30.7 Å². The number of benzene rings is 2. The van der Waals surface area contributed by atoms with Crippen molar-refractivity contribution in [1.82, 2.24) is 15.0 Å². The van der Waals surface area contributed by atoms with Crippen LogP contribution in [0.1, 0.15) is 28.1 Å². The lowest BCUT2D eigenvalue weighted by atomic mass is 10.1. The molecule has 3 aromatic rings. The first-order valence-corrected chi connectivity index (χ1v) is 9.87. The molecule has 5 nitrogen and oxygen atoms in total. The summed E-state index contributed by atoms with van der Waals surface area (Å²) >= 11 is 1.54. The number of hydrogen-bond acceptors (Lipinski definition) is 4. The van der Waals surface area contributed by atoms with E-state index in [0.717, 1.165) is 39.9 Å². The quantitative estimate of drug-likeness (QED) is 0.422. The van der Waals surface area contributed by atoms with Crippen LogP contribution in [-0.4, -0.2) is 26.1 Å². The Kier molecular flexibility index (Phi) is 6.31. The third-order valence-electron chi connectivity index (χ3n) is 4.33. The molecule has 30 heavy (non-hydrogen) atoms. The van der Waals surface area contributed by atoms with Crippen molar-refractivity contribution in [2.75, 3.05) is 0 Å². The smallest absolute Gasteiger partial charge is 0.416 e. The summed E-state index contributed by atoms with van der Waals surface area (Å²) < 4.78 is 38.1. The van der Waals surface area contributed by atoms with Gasteiger partial charge in [0.2, 0.25) is 0 Å². The van der Waals surface area contributed by atoms with Crippen molar-refractivity contribution in [2.24, 2.45) is 0 Å². The van der Waals surface area contributed by atoms with E-state index in [1.807, 2.05) is 25.1 Å². The minimum atomic E-state index is -4.38. The highest BCUT2D eigenvalue weighted by atomic mass is 32.2. The Morgan fingerprint density at radius 2 is 1.83 bits per heavy atom. The van der Waals surface area contributed by atoms with E-state index in [0.29, 0.717) is 17.1 Å². The van der Waals surface area contributed by atoms with Gasteiger partial charge in [0.05, 0.1) is 22.6 Å². The summed E-state index contributed by atoms with van der Waals surface area (Å²) in [6.07, 6.45) is -1.74. The number of carbonyl (C=O) groups is 1. The monoisotopic (exact) mass is 433 g/mol. The third-order valence-corrected chi connectivity index (χ3v) is 5.33. The number of rotatable bonds is 6. The van der Waals surface area contributed by atoms with Crippen molar-refractivity contribution >= 4 is 23.8 Å². The fourth-order valence-corrected chi connectivity index (χ4v) is 3.67. The van der Waals surface area contributed by atoms with Crippen LogP contribution in [0.3, 0.4) is 0 Å². The van der Waals surface area contributed by atoms with Crippen LogP contribution in [0.5, 0.6) is 0 Å². The summed E-state index contributed by atoms with van der Waals surface area (Å²) in [6, 6.07) is 10.4. The lowest BCUT2D eigenvalue weighted by Gasteiger charge is -2.07. The Morgan fingerprint density at radius 1 is 1.13 bits per heavy atom. The molecule has 0 amide bonds.